The van der Waals surface area contributed by atoms with E-state index in [4.69, 9.17) is 4.52 Å². The highest BCUT2D eigenvalue weighted by atomic mass is 32.2. The molecule has 0 saturated carbocycles. The highest BCUT2D eigenvalue weighted by molar-refractivity contribution is 7.89. The molecule has 0 spiro atoms. The van der Waals surface area contributed by atoms with Crippen molar-refractivity contribution < 1.29 is 26.5 Å². The molecule has 1 aromatic carbocycles. The van der Waals surface area contributed by atoms with Crippen LogP contribution < -0.4 is 5.32 Å². The largest absolute Gasteiger partial charge is 0.360 e. The molecule has 1 atom stereocenters. The number of benzene rings is 1. The van der Waals surface area contributed by atoms with Crippen molar-refractivity contribution in [2.75, 3.05) is 13.1 Å². The van der Waals surface area contributed by atoms with E-state index < -0.39 is 27.7 Å². The lowest BCUT2D eigenvalue weighted by atomic mass is 9.96. The van der Waals surface area contributed by atoms with Crippen LogP contribution in [0.5, 0.6) is 0 Å². The summed E-state index contributed by atoms with van der Waals surface area (Å²) < 4.78 is 59.6. The third-order valence-corrected chi connectivity index (χ3v) is 7.49. The van der Waals surface area contributed by atoms with E-state index in [1.54, 1.807) is 20.8 Å². The normalized spacial score (nSPS) is 17.1. The Morgan fingerprint density at radius 1 is 1.27 bits per heavy atom. The minimum atomic E-state index is -3.74. The maximum absolute atomic E-state index is 13.8. The first kappa shape index (κ1) is 22.4. The second-order valence-electron chi connectivity index (χ2n) is 7.65. The van der Waals surface area contributed by atoms with Crippen LogP contribution in [-0.4, -0.2) is 42.9 Å². The van der Waals surface area contributed by atoms with E-state index in [2.05, 4.69) is 10.5 Å². The van der Waals surface area contributed by atoms with Crippen molar-refractivity contribution in [2.45, 2.75) is 51.0 Å². The third kappa shape index (κ3) is 4.54. The molecule has 0 aliphatic carbocycles. The van der Waals surface area contributed by atoms with E-state index >= 15 is 0 Å². The number of aryl methyl sites for hydroxylation is 2. The van der Waals surface area contributed by atoms with Gasteiger partial charge in [-0.25, -0.2) is 17.2 Å². The van der Waals surface area contributed by atoms with E-state index in [9.17, 15) is 22.0 Å². The first-order valence-corrected chi connectivity index (χ1v) is 11.2. The molecule has 0 bridgehead atoms. The minimum Gasteiger partial charge on any atom is -0.360 e. The average molecular weight is 442 g/mol. The van der Waals surface area contributed by atoms with Crippen LogP contribution in [0.4, 0.5) is 8.78 Å². The van der Waals surface area contributed by atoms with Crippen LogP contribution in [0.2, 0.25) is 0 Å². The van der Waals surface area contributed by atoms with Crippen molar-refractivity contribution in [1.29, 1.82) is 0 Å². The first-order chi connectivity index (χ1) is 14.1. The Balaban J connectivity index is 1.58. The van der Waals surface area contributed by atoms with Gasteiger partial charge in [-0.1, -0.05) is 11.2 Å². The highest BCUT2D eigenvalue weighted by Crippen LogP contribution is 2.27. The number of carbonyl (C=O) groups excluding carboxylic acids is 1. The number of hydrogen-bond acceptors (Lipinski definition) is 5. The van der Waals surface area contributed by atoms with Crippen molar-refractivity contribution in [3.8, 4) is 0 Å². The number of piperidine rings is 1. The van der Waals surface area contributed by atoms with Crippen molar-refractivity contribution in [1.82, 2.24) is 14.8 Å². The molecule has 1 aliphatic heterocycles. The van der Waals surface area contributed by atoms with Crippen molar-refractivity contribution in [3.05, 3.63) is 46.9 Å². The van der Waals surface area contributed by atoms with Crippen LogP contribution in [0, 0.1) is 31.4 Å². The lowest BCUT2D eigenvalue weighted by Crippen LogP contribution is -2.45. The van der Waals surface area contributed by atoms with Crippen molar-refractivity contribution in [3.63, 3.8) is 0 Å². The molecule has 7 nitrogen and oxygen atoms in total. The molecular formula is C20H25F2N3O4S. The molecule has 10 heteroatoms. The molecule has 2 aromatic rings. The summed E-state index contributed by atoms with van der Waals surface area (Å²) >= 11 is 0. The minimum absolute atomic E-state index is 0.0313. The highest BCUT2D eigenvalue weighted by Gasteiger charge is 2.35. The van der Waals surface area contributed by atoms with E-state index in [1.807, 2.05) is 0 Å². The summed E-state index contributed by atoms with van der Waals surface area (Å²) in [6.45, 7) is 5.19. The topological polar surface area (TPSA) is 92.5 Å². The molecule has 1 N–H and O–H groups in total. The molecule has 0 radical (unpaired) electrons. The molecule has 3 rings (SSSR count). The van der Waals surface area contributed by atoms with Crippen LogP contribution in [0.15, 0.2) is 27.6 Å². The lowest BCUT2D eigenvalue weighted by Gasteiger charge is -2.31. The third-order valence-electron chi connectivity index (χ3n) is 5.35. The van der Waals surface area contributed by atoms with Gasteiger partial charge >= 0.3 is 0 Å². The van der Waals surface area contributed by atoms with Crippen LogP contribution >= 0.6 is 0 Å². The molecule has 1 aromatic heterocycles. The number of rotatable bonds is 6. The number of aromatic nitrogens is 1. The summed E-state index contributed by atoms with van der Waals surface area (Å²) in [5.41, 5.74) is 0.243. The predicted octanol–water partition coefficient (Wildman–Crippen LogP) is 2.72. The van der Waals surface area contributed by atoms with Crippen LogP contribution in [0.25, 0.3) is 0 Å². The Labute approximate surface area is 174 Å². The van der Waals surface area contributed by atoms with E-state index in [0.717, 1.165) is 0 Å². The van der Waals surface area contributed by atoms with E-state index in [-0.39, 0.29) is 47.6 Å². The Kier molecular flexibility index (Phi) is 6.56. The van der Waals surface area contributed by atoms with Gasteiger partial charge in [-0.3, -0.25) is 4.79 Å². The van der Waals surface area contributed by atoms with Gasteiger partial charge in [0, 0.05) is 30.6 Å². The molecule has 1 amide bonds. The van der Waals surface area contributed by atoms with Crippen LogP contribution in [0.1, 0.15) is 36.8 Å². The average Bonchev–Trinajstić information content (AvgIpc) is 3.04. The fourth-order valence-electron chi connectivity index (χ4n) is 3.78. The molecule has 30 heavy (non-hydrogen) atoms. The first-order valence-electron chi connectivity index (χ1n) is 9.77. The van der Waals surface area contributed by atoms with Gasteiger partial charge in [-0.2, -0.15) is 4.31 Å². The van der Waals surface area contributed by atoms with Gasteiger partial charge in [0.05, 0.1) is 0 Å². The smallest absolute Gasteiger partial charge is 0.248 e. The van der Waals surface area contributed by atoms with Crippen LogP contribution in [0.3, 0.4) is 0 Å². The van der Waals surface area contributed by atoms with Crippen molar-refractivity contribution >= 4 is 15.9 Å². The van der Waals surface area contributed by atoms with Gasteiger partial charge in [-0.05, 0) is 52.2 Å². The summed E-state index contributed by atoms with van der Waals surface area (Å²) in [7, 11) is -3.74. The van der Waals surface area contributed by atoms with Crippen LogP contribution in [-0.2, 0) is 21.2 Å². The fourth-order valence-corrected chi connectivity index (χ4v) is 5.54. The number of amides is 1. The number of hydrogen-bond donors (Lipinski definition) is 1. The fraction of sp³-hybridized carbons (Fsp3) is 0.500. The number of carbonyl (C=O) groups is 1. The molecule has 1 fully saturated rings. The quantitative estimate of drug-likeness (QED) is 0.744. The number of nitrogens with one attached hydrogen (secondary N) is 1. The Morgan fingerprint density at radius 3 is 2.40 bits per heavy atom. The second-order valence-corrected chi connectivity index (χ2v) is 9.52. The van der Waals surface area contributed by atoms with Gasteiger partial charge in [0.2, 0.25) is 15.9 Å². The zero-order valence-corrected chi connectivity index (χ0v) is 17.9. The number of halogens is 2. The van der Waals surface area contributed by atoms with Gasteiger partial charge in [0.1, 0.15) is 22.2 Å². The zero-order valence-electron chi connectivity index (χ0n) is 17.1. The van der Waals surface area contributed by atoms with E-state index in [0.29, 0.717) is 18.5 Å². The molecule has 2 heterocycles. The summed E-state index contributed by atoms with van der Waals surface area (Å²) in [6.07, 6.45) is 0.744. The molecule has 164 valence electrons. The van der Waals surface area contributed by atoms with Gasteiger partial charge in [-0.15, -0.1) is 0 Å². The Morgan fingerprint density at radius 2 is 1.87 bits per heavy atom. The summed E-state index contributed by atoms with van der Waals surface area (Å²) in [6, 6.07) is 3.19. The predicted molar refractivity (Wildman–Crippen MR) is 105 cm³/mol. The molecular weight excluding hydrogens is 416 g/mol. The summed E-state index contributed by atoms with van der Waals surface area (Å²) in [4.78, 5) is 12.6. The molecule has 1 aliphatic rings. The number of sulfonamides is 1. The maximum atomic E-state index is 13.8. The number of nitrogens with zero attached hydrogens (tertiary/aromatic N) is 2. The van der Waals surface area contributed by atoms with Crippen molar-refractivity contribution in [2.24, 2.45) is 5.92 Å². The summed E-state index contributed by atoms with van der Waals surface area (Å²) in [5.74, 6) is -1.66. The lowest BCUT2D eigenvalue weighted by molar-refractivity contribution is -0.126. The van der Waals surface area contributed by atoms with Gasteiger partial charge in [0.25, 0.3) is 0 Å². The van der Waals surface area contributed by atoms with Gasteiger partial charge in [0.15, 0.2) is 5.76 Å². The molecule has 1 unspecified atom stereocenters. The standard InChI is InChI=1S/C20H25F2N3O4S/c1-12(11-16-17(21)5-4-6-18(16)22)23-20(26)15-7-9-25(10-8-15)30(27,28)19-13(2)24-29-14(19)3/h4-6,12,15H,7-11H2,1-3H3,(H,23,26). The summed E-state index contributed by atoms with van der Waals surface area (Å²) in [5, 5.41) is 6.49. The molecule has 1 saturated heterocycles. The Bertz CT molecular complexity index is 991. The van der Waals surface area contributed by atoms with Gasteiger partial charge < -0.3 is 9.84 Å². The second kappa shape index (κ2) is 8.81. The monoisotopic (exact) mass is 441 g/mol. The Hall–Kier alpha value is -2.33. The maximum Gasteiger partial charge on any atom is 0.248 e. The van der Waals surface area contributed by atoms with E-state index in [1.165, 1.54) is 22.5 Å². The zero-order chi connectivity index (χ0) is 22.1. The SMILES string of the molecule is Cc1noc(C)c1S(=O)(=O)N1CCC(C(=O)NC(C)Cc2c(F)cccc2F)CC1.